The molecule has 0 fully saturated rings. The van der Waals surface area contributed by atoms with Crippen LogP contribution in [-0.4, -0.2) is 27.4 Å². The van der Waals surface area contributed by atoms with Crippen LogP contribution in [0.3, 0.4) is 0 Å². The lowest BCUT2D eigenvalue weighted by molar-refractivity contribution is 0.251. The number of nitrogens with one attached hydrogen (secondary N) is 2. The van der Waals surface area contributed by atoms with E-state index in [0.29, 0.717) is 22.9 Å². The van der Waals surface area contributed by atoms with E-state index in [4.69, 9.17) is 14.2 Å². The predicted molar refractivity (Wildman–Crippen MR) is 93.1 cm³/mol. The number of methoxy groups -OCH3 is 3. The number of amides is 2. The third-order valence-electron chi connectivity index (χ3n) is 3.63. The molecular weight excluding hydrogens is 327 g/mol. The van der Waals surface area contributed by atoms with Crippen molar-refractivity contribution in [1.29, 1.82) is 0 Å². The van der Waals surface area contributed by atoms with Gasteiger partial charge < -0.3 is 24.8 Å². The third-order valence-corrected chi connectivity index (χ3v) is 3.63. The van der Waals surface area contributed by atoms with Crippen molar-refractivity contribution in [2.75, 3.05) is 26.6 Å². The summed E-state index contributed by atoms with van der Waals surface area (Å²) < 4.78 is 29.1. The monoisotopic (exact) mass is 348 g/mol. The number of carbonyl (C=O) groups excluding carboxylic acids is 1. The maximum absolute atomic E-state index is 13.3. The molecule has 0 aliphatic heterocycles. The zero-order chi connectivity index (χ0) is 18.4. The molecular formula is C18H21FN2O4. The van der Waals surface area contributed by atoms with Crippen molar-refractivity contribution in [3.05, 3.63) is 47.3 Å². The van der Waals surface area contributed by atoms with Crippen LogP contribution in [-0.2, 0) is 6.54 Å². The van der Waals surface area contributed by atoms with E-state index in [-0.39, 0.29) is 6.54 Å². The SMILES string of the molecule is COc1cc(CNC(=O)Nc2cc(F)ccc2C)cc(OC)c1OC. The number of hydrogen-bond acceptors (Lipinski definition) is 4. The summed E-state index contributed by atoms with van der Waals surface area (Å²) in [6, 6.07) is 7.26. The molecule has 25 heavy (non-hydrogen) atoms. The Hall–Kier alpha value is -2.96. The van der Waals surface area contributed by atoms with Gasteiger partial charge in [-0.25, -0.2) is 9.18 Å². The number of aryl methyl sites for hydroxylation is 1. The molecule has 2 amide bonds. The number of urea groups is 1. The van der Waals surface area contributed by atoms with Crippen molar-refractivity contribution in [3.63, 3.8) is 0 Å². The van der Waals surface area contributed by atoms with Crippen molar-refractivity contribution in [2.24, 2.45) is 0 Å². The maximum atomic E-state index is 13.3. The molecule has 0 radical (unpaired) electrons. The number of halogens is 1. The number of hydrogen-bond donors (Lipinski definition) is 2. The smallest absolute Gasteiger partial charge is 0.319 e. The first kappa shape index (κ1) is 18.4. The molecule has 0 heterocycles. The minimum atomic E-state index is -0.442. The van der Waals surface area contributed by atoms with Gasteiger partial charge in [0.2, 0.25) is 5.75 Å². The molecule has 0 unspecified atom stereocenters. The van der Waals surface area contributed by atoms with Crippen LogP contribution in [0.2, 0.25) is 0 Å². The lowest BCUT2D eigenvalue weighted by Gasteiger charge is -2.15. The van der Waals surface area contributed by atoms with Crippen molar-refractivity contribution in [1.82, 2.24) is 5.32 Å². The molecule has 2 aromatic carbocycles. The number of carbonyl (C=O) groups is 1. The molecule has 0 aromatic heterocycles. The van der Waals surface area contributed by atoms with Crippen LogP contribution < -0.4 is 24.8 Å². The van der Waals surface area contributed by atoms with Gasteiger partial charge in [0.15, 0.2) is 11.5 Å². The highest BCUT2D eigenvalue weighted by Gasteiger charge is 2.13. The van der Waals surface area contributed by atoms with Gasteiger partial charge in [-0.3, -0.25) is 0 Å². The van der Waals surface area contributed by atoms with Crippen molar-refractivity contribution < 1.29 is 23.4 Å². The Morgan fingerprint density at radius 1 is 1.04 bits per heavy atom. The summed E-state index contributed by atoms with van der Waals surface area (Å²) in [5.74, 6) is 1.07. The lowest BCUT2D eigenvalue weighted by atomic mass is 10.1. The Balaban J connectivity index is 2.07. The Kier molecular flexibility index (Phi) is 6.05. The van der Waals surface area contributed by atoms with E-state index < -0.39 is 11.8 Å². The van der Waals surface area contributed by atoms with Crippen LogP contribution in [0.25, 0.3) is 0 Å². The van der Waals surface area contributed by atoms with E-state index in [1.807, 2.05) is 0 Å². The minimum Gasteiger partial charge on any atom is -0.493 e. The Morgan fingerprint density at radius 3 is 2.24 bits per heavy atom. The van der Waals surface area contributed by atoms with Gasteiger partial charge in [0, 0.05) is 12.2 Å². The molecule has 7 heteroatoms. The zero-order valence-corrected chi connectivity index (χ0v) is 14.6. The third kappa shape index (κ3) is 4.53. The van der Waals surface area contributed by atoms with E-state index in [0.717, 1.165) is 11.1 Å². The fraction of sp³-hybridized carbons (Fsp3) is 0.278. The van der Waals surface area contributed by atoms with E-state index in [9.17, 15) is 9.18 Å². The number of benzene rings is 2. The highest BCUT2D eigenvalue weighted by Crippen LogP contribution is 2.38. The normalized spacial score (nSPS) is 10.1. The van der Waals surface area contributed by atoms with Crippen molar-refractivity contribution >= 4 is 11.7 Å². The summed E-state index contributed by atoms with van der Waals surface area (Å²) in [4.78, 5) is 12.0. The Labute approximate surface area is 145 Å². The molecule has 2 N–H and O–H groups in total. The van der Waals surface area contributed by atoms with Gasteiger partial charge in [-0.05, 0) is 42.3 Å². The molecule has 2 rings (SSSR count). The van der Waals surface area contributed by atoms with Crippen LogP contribution in [0.1, 0.15) is 11.1 Å². The van der Waals surface area contributed by atoms with Gasteiger partial charge >= 0.3 is 6.03 Å². The van der Waals surface area contributed by atoms with Gasteiger partial charge in [0.25, 0.3) is 0 Å². The number of ether oxygens (including phenoxy) is 3. The summed E-state index contributed by atoms with van der Waals surface area (Å²) in [5, 5.41) is 5.33. The summed E-state index contributed by atoms with van der Waals surface area (Å²) in [5.41, 5.74) is 1.95. The lowest BCUT2D eigenvalue weighted by Crippen LogP contribution is -2.28. The molecule has 6 nitrogen and oxygen atoms in total. The molecule has 0 bridgehead atoms. The fourth-order valence-electron chi connectivity index (χ4n) is 2.32. The predicted octanol–water partition coefficient (Wildman–Crippen LogP) is 3.48. The summed E-state index contributed by atoms with van der Waals surface area (Å²) in [6.45, 7) is 2.02. The van der Waals surface area contributed by atoms with E-state index in [1.165, 1.54) is 33.5 Å². The van der Waals surface area contributed by atoms with E-state index >= 15 is 0 Å². The van der Waals surface area contributed by atoms with Gasteiger partial charge in [0.05, 0.1) is 21.3 Å². The molecule has 0 atom stereocenters. The highest BCUT2D eigenvalue weighted by atomic mass is 19.1. The van der Waals surface area contributed by atoms with Gasteiger partial charge in [-0.2, -0.15) is 0 Å². The first-order valence-electron chi connectivity index (χ1n) is 7.58. The number of anilines is 1. The molecule has 134 valence electrons. The molecule has 0 saturated heterocycles. The number of rotatable bonds is 6. The second-order valence-corrected chi connectivity index (χ2v) is 5.30. The van der Waals surface area contributed by atoms with Crippen LogP contribution in [0.15, 0.2) is 30.3 Å². The van der Waals surface area contributed by atoms with Crippen LogP contribution >= 0.6 is 0 Å². The summed E-state index contributed by atoms with van der Waals surface area (Å²) in [7, 11) is 4.56. The van der Waals surface area contributed by atoms with Crippen LogP contribution in [0.5, 0.6) is 17.2 Å². The average molecular weight is 348 g/mol. The summed E-state index contributed by atoms with van der Waals surface area (Å²) >= 11 is 0. The average Bonchev–Trinajstić information content (AvgIpc) is 2.61. The van der Waals surface area contributed by atoms with Crippen molar-refractivity contribution in [3.8, 4) is 17.2 Å². The Bertz CT molecular complexity index is 740. The Morgan fingerprint density at radius 2 is 1.68 bits per heavy atom. The molecule has 0 saturated carbocycles. The fourth-order valence-corrected chi connectivity index (χ4v) is 2.32. The topological polar surface area (TPSA) is 68.8 Å². The van der Waals surface area contributed by atoms with Crippen LogP contribution in [0.4, 0.5) is 14.9 Å². The minimum absolute atomic E-state index is 0.233. The first-order valence-corrected chi connectivity index (χ1v) is 7.58. The molecule has 2 aromatic rings. The standard InChI is InChI=1S/C18H21FN2O4/c1-11-5-6-13(19)9-14(11)21-18(22)20-10-12-7-15(23-2)17(25-4)16(8-12)24-3/h5-9H,10H2,1-4H3,(H2,20,21,22). The van der Waals surface area contributed by atoms with Gasteiger partial charge in [-0.1, -0.05) is 6.07 Å². The highest BCUT2D eigenvalue weighted by molar-refractivity contribution is 5.90. The second kappa shape index (κ2) is 8.23. The second-order valence-electron chi connectivity index (χ2n) is 5.30. The van der Waals surface area contributed by atoms with E-state index in [1.54, 1.807) is 25.1 Å². The van der Waals surface area contributed by atoms with Crippen molar-refractivity contribution in [2.45, 2.75) is 13.5 Å². The van der Waals surface area contributed by atoms with Gasteiger partial charge in [-0.15, -0.1) is 0 Å². The van der Waals surface area contributed by atoms with Gasteiger partial charge in [0.1, 0.15) is 5.82 Å². The molecule has 0 aliphatic rings. The largest absolute Gasteiger partial charge is 0.493 e. The van der Waals surface area contributed by atoms with E-state index in [2.05, 4.69) is 10.6 Å². The quantitative estimate of drug-likeness (QED) is 0.839. The maximum Gasteiger partial charge on any atom is 0.319 e. The zero-order valence-electron chi connectivity index (χ0n) is 14.6. The van der Waals surface area contributed by atoms with Crippen LogP contribution in [0, 0.1) is 12.7 Å². The first-order chi connectivity index (χ1) is 12.0. The molecule has 0 spiro atoms. The summed E-state index contributed by atoms with van der Waals surface area (Å²) in [6.07, 6.45) is 0. The molecule has 0 aliphatic carbocycles.